The van der Waals surface area contributed by atoms with E-state index in [9.17, 15) is 13.2 Å². The molecule has 1 unspecified atom stereocenters. The number of likely N-dealkylation sites (tertiary alicyclic amines) is 1. The minimum Gasteiger partial charge on any atom is -0.396 e. The van der Waals surface area contributed by atoms with Crippen LogP contribution in [0.25, 0.3) is 0 Å². The molecule has 0 aromatic heterocycles. The third-order valence-corrected chi connectivity index (χ3v) is 4.34. The molecule has 0 radical (unpaired) electrons. The first-order valence-corrected chi connectivity index (χ1v) is 7.03. The molecule has 0 aromatic carbocycles. The summed E-state index contributed by atoms with van der Waals surface area (Å²) in [6.45, 7) is 1.66. The number of alkyl halides is 3. The summed E-state index contributed by atoms with van der Waals surface area (Å²) in [5.74, 6) is -0.119. The topological polar surface area (TPSA) is 41.6 Å². The highest BCUT2D eigenvalue weighted by molar-refractivity contribution is 8.04. The van der Waals surface area contributed by atoms with E-state index in [1.54, 1.807) is 0 Å². The van der Waals surface area contributed by atoms with Gasteiger partial charge in [0.2, 0.25) is 0 Å². The third-order valence-electron chi connectivity index (χ3n) is 3.14. The quantitative estimate of drug-likeness (QED) is 0.792. The second-order valence-electron chi connectivity index (χ2n) is 4.62. The molecule has 0 spiro atoms. The van der Waals surface area contributed by atoms with Crippen molar-refractivity contribution in [3.8, 4) is 0 Å². The summed E-state index contributed by atoms with van der Waals surface area (Å²) < 4.78 is 39.3. The Morgan fingerprint density at radius 3 is 2.42 bits per heavy atom. The Bertz CT molecular complexity index is 339. The van der Waals surface area contributed by atoms with E-state index in [4.69, 9.17) is 5.73 Å². The van der Waals surface area contributed by atoms with Crippen molar-refractivity contribution in [3.05, 3.63) is 10.6 Å². The molecule has 1 aliphatic heterocycles. The zero-order chi connectivity index (χ0) is 14.4. The molecule has 0 saturated carbocycles. The van der Waals surface area contributed by atoms with Crippen LogP contribution in [-0.2, 0) is 0 Å². The van der Waals surface area contributed by atoms with E-state index >= 15 is 0 Å². The normalized spacial score (nSPS) is 22.0. The lowest BCUT2D eigenvalue weighted by Gasteiger charge is -2.30. The average molecular weight is 295 g/mol. The number of aliphatic imine (C=N–C) groups is 1. The zero-order valence-electron chi connectivity index (χ0n) is 11.2. The number of piperidine rings is 1. The van der Waals surface area contributed by atoms with Gasteiger partial charge in [0, 0.05) is 19.2 Å². The van der Waals surface area contributed by atoms with Gasteiger partial charge in [-0.2, -0.15) is 0 Å². The minimum absolute atomic E-state index is 0.0314. The number of halogens is 3. The molecule has 1 saturated heterocycles. The number of allylic oxidation sites excluding steroid dienone is 2. The minimum atomic E-state index is -2.79. The van der Waals surface area contributed by atoms with E-state index in [-0.39, 0.29) is 10.8 Å². The van der Waals surface area contributed by atoms with Crippen LogP contribution in [0.2, 0.25) is 0 Å². The van der Waals surface area contributed by atoms with Gasteiger partial charge in [-0.25, -0.2) is 13.2 Å². The Balaban J connectivity index is 2.67. The van der Waals surface area contributed by atoms with Crippen LogP contribution in [0.5, 0.6) is 0 Å². The summed E-state index contributed by atoms with van der Waals surface area (Å²) >= 11 is 0.754. The molecule has 19 heavy (non-hydrogen) atoms. The highest BCUT2D eigenvalue weighted by Crippen LogP contribution is 2.34. The third kappa shape index (κ3) is 5.06. The fraction of sp³-hybridized carbons (Fsp3) is 0.750. The van der Waals surface area contributed by atoms with Crippen LogP contribution in [-0.4, -0.2) is 50.2 Å². The van der Waals surface area contributed by atoms with Gasteiger partial charge in [-0.1, -0.05) is 11.8 Å². The predicted molar refractivity (Wildman–Crippen MR) is 74.3 cm³/mol. The van der Waals surface area contributed by atoms with Gasteiger partial charge in [-0.3, -0.25) is 4.99 Å². The molecule has 7 heteroatoms. The first kappa shape index (κ1) is 16.4. The summed E-state index contributed by atoms with van der Waals surface area (Å²) in [6.07, 6.45) is -0.121. The molecular weight excluding hydrogens is 275 g/mol. The number of thioether (sulfide) groups is 1. The van der Waals surface area contributed by atoms with Crippen molar-refractivity contribution < 1.29 is 13.2 Å². The number of rotatable bonds is 5. The van der Waals surface area contributed by atoms with Gasteiger partial charge >= 0.3 is 0 Å². The second-order valence-corrected chi connectivity index (χ2v) is 5.74. The highest BCUT2D eigenvalue weighted by atomic mass is 32.2. The summed E-state index contributed by atoms with van der Waals surface area (Å²) in [5, 5.41) is 0. The van der Waals surface area contributed by atoms with Crippen LogP contribution in [0.4, 0.5) is 13.2 Å². The van der Waals surface area contributed by atoms with Crippen LogP contribution in [0.3, 0.4) is 0 Å². The Labute approximate surface area is 116 Å². The Hall–Kier alpha value is -0.690. The maximum Gasteiger partial charge on any atom is 0.278 e. The summed E-state index contributed by atoms with van der Waals surface area (Å²) in [5.41, 5.74) is 3.46. The Kier molecular flexibility index (Phi) is 6.71. The molecule has 1 heterocycles. The van der Waals surface area contributed by atoms with E-state index in [1.165, 1.54) is 13.3 Å². The lowest BCUT2D eigenvalue weighted by molar-refractivity contribution is 0.179. The second kappa shape index (κ2) is 7.79. The lowest BCUT2D eigenvalue weighted by Crippen LogP contribution is -2.33. The molecule has 1 aliphatic rings. The molecule has 110 valence electrons. The van der Waals surface area contributed by atoms with Gasteiger partial charge in [0.15, 0.2) is 5.50 Å². The van der Waals surface area contributed by atoms with Crippen LogP contribution in [0.1, 0.15) is 12.8 Å². The monoisotopic (exact) mass is 295 g/mol. The molecule has 0 bridgehead atoms. The molecule has 2 N–H and O–H groups in total. The number of hydrogen-bond acceptors (Lipinski definition) is 4. The Morgan fingerprint density at radius 2 is 1.95 bits per heavy atom. The maximum absolute atomic E-state index is 14.2. The molecular formula is C12H20F3N3S. The molecule has 0 aliphatic carbocycles. The van der Waals surface area contributed by atoms with Gasteiger partial charge in [0.1, 0.15) is 0 Å². The van der Waals surface area contributed by atoms with E-state index in [0.717, 1.165) is 37.7 Å². The molecule has 0 aromatic rings. The van der Waals surface area contributed by atoms with Gasteiger partial charge in [-0.15, -0.1) is 0 Å². The first-order chi connectivity index (χ1) is 8.95. The Morgan fingerprint density at radius 1 is 1.37 bits per heavy atom. The van der Waals surface area contributed by atoms with E-state index in [1.807, 2.05) is 7.05 Å². The van der Waals surface area contributed by atoms with Crippen LogP contribution >= 0.6 is 11.8 Å². The molecule has 3 nitrogen and oxygen atoms in total. The van der Waals surface area contributed by atoms with E-state index in [0.29, 0.717) is 0 Å². The summed E-state index contributed by atoms with van der Waals surface area (Å²) in [7, 11) is 3.43. The zero-order valence-corrected chi connectivity index (χ0v) is 12.0. The van der Waals surface area contributed by atoms with Gasteiger partial charge in [0.05, 0.1) is 10.6 Å². The first-order valence-electron chi connectivity index (χ1n) is 6.15. The number of nitrogens with two attached hydrogens (primary N) is 1. The van der Waals surface area contributed by atoms with Crippen molar-refractivity contribution in [3.63, 3.8) is 0 Å². The SMILES string of the molecule is CN=C/C(SC(F)C1CCN(C)CC1)=C(\N)C(F)F. The smallest absolute Gasteiger partial charge is 0.278 e. The standard InChI is InChI=1S/C12H20F3N3S/c1-17-7-9(10(16)11(13)14)19-12(15)8-3-5-18(2)6-4-8/h7-8,11-12H,3-6,16H2,1-2H3/b10-9+,17-7?. The van der Waals surface area contributed by atoms with Crippen molar-refractivity contribution in [2.75, 3.05) is 27.2 Å². The number of nitrogens with zero attached hydrogens (tertiary/aromatic N) is 2. The van der Waals surface area contributed by atoms with E-state index < -0.39 is 17.6 Å². The predicted octanol–water partition coefficient (Wildman–Crippen LogP) is 2.49. The molecule has 1 atom stereocenters. The lowest BCUT2D eigenvalue weighted by atomic mass is 9.99. The largest absolute Gasteiger partial charge is 0.396 e. The van der Waals surface area contributed by atoms with Crippen molar-refractivity contribution in [1.29, 1.82) is 0 Å². The van der Waals surface area contributed by atoms with Crippen molar-refractivity contribution in [2.24, 2.45) is 16.6 Å². The average Bonchev–Trinajstić information content (AvgIpc) is 2.37. The van der Waals surface area contributed by atoms with E-state index in [2.05, 4.69) is 9.89 Å². The van der Waals surface area contributed by atoms with Gasteiger partial charge in [-0.05, 0) is 33.0 Å². The fourth-order valence-corrected chi connectivity index (χ4v) is 3.00. The maximum atomic E-state index is 14.2. The van der Waals surface area contributed by atoms with Gasteiger partial charge < -0.3 is 10.6 Å². The molecule has 0 amide bonds. The molecule has 1 fully saturated rings. The van der Waals surface area contributed by atoms with Crippen molar-refractivity contribution in [2.45, 2.75) is 24.8 Å². The highest BCUT2D eigenvalue weighted by Gasteiger charge is 2.27. The van der Waals surface area contributed by atoms with Crippen molar-refractivity contribution in [1.82, 2.24) is 4.90 Å². The fourth-order valence-electron chi connectivity index (χ4n) is 1.91. The van der Waals surface area contributed by atoms with Crippen LogP contribution < -0.4 is 5.73 Å². The molecule has 1 rings (SSSR count). The van der Waals surface area contributed by atoms with Crippen molar-refractivity contribution >= 4 is 18.0 Å². The van der Waals surface area contributed by atoms with Gasteiger partial charge in [0.25, 0.3) is 6.43 Å². The van der Waals surface area contributed by atoms with Crippen LogP contribution in [0, 0.1) is 5.92 Å². The summed E-state index contributed by atoms with van der Waals surface area (Å²) in [6, 6.07) is 0. The van der Waals surface area contributed by atoms with Crippen LogP contribution in [0.15, 0.2) is 15.6 Å². The summed E-state index contributed by atoms with van der Waals surface area (Å²) in [4.78, 5) is 5.82. The number of hydrogen-bond donors (Lipinski definition) is 1.